The number of phenols is 1. The van der Waals surface area contributed by atoms with Gasteiger partial charge in [-0.1, -0.05) is 12.1 Å². The van der Waals surface area contributed by atoms with Crippen LogP contribution in [0.4, 0.5) is 11.4 Å². The minimum absolute atomic E-state index is 0.0160. The zero-order chi connectivity index (χ0) is 17.5. The van der Waals surface area contributed by atoms with Crippen LogP contribution < -0.4 is 4.74 Å². The van der Waals surface area contributed by atoms with Crippen molar-refractivity contribution >= 4 is 17.6 Å². The van der Waals surface area contributed by atoms with Gasteiger partial charge in [-0.15, -0.1) is 6.58 Å². The van der Waals surface area contributed by atoms with Gasteiger partial charge in [0.15, 0.2) is 11.5 Å². The summed E-state index contributed by atoms with van der Waals surface area (Å²) in [5.74, 6) is 0.460. The predicted molar refractivity (Wildman–Crippen MR) is 93.5 cm³/mol. The maximum Gasteiger partial charge on any atom is 0.271 e. The van der Waals surface area contributed by atoms with Crippen LogP contribution in [0, 0.1) is 10.1 Å². The molecule has 0 aliphatic heterocycles. The normalized spacial score (nSPS) is 10.7. The Balaban J connectivity index is 2.35. The van der Waals surface area contributed by atoms with E-state index in [1.54, 1.807) is 36.6 Å². The van der Waals surface area contributed by atoms with Crippen LogP contribution in [0.3, 0.4) is 0 Å². The van der Waals surface area contributed by atoms with Crippen LogP contribution in [-0.2, 0) is 6.42 Å². The molecule has 0 aliphatic rings. The molecule has 0 amide bonds. The number of nitro benzene ring substituents is 1. The number of aromatic hydroxyl groups is 1. The second-order valence-electron chi connectivity index (χ2n) is 4.99. The summed E-state index contributed by atoms with van der Waals surface area (Å²) in [6.45, 7) is 5.93. The lowest BCUT2D eigenvalue weighted by atomic mass is 10.1. The van der Waals surface area contributed by atoms with Gasteiger partial charge in [-0.2, -0.15) is 0 Å². The average Bonchev–Trinajstić information content (AvgIpc) is 2.57. The van der Waals surface area contributed by atoms with Gasteiger partial charge < -0.3 is 9.84 Å². The van der Waals surface area contributed by atoms with Gasteiger partial charge in [0.05, 0.1) is 17.2 Å². The number of hydrogen-bond acceptors (Lipinski definition) is 5. The van der Waals surface area contributed by atoms with Gasteiger partial charge in [0.2, 0.25) is 0 Å². The number of ether oxygens (including phenoxy) is 1. The molecule has 0 aliphatic carbocycles. The molecule has 24 heavy (non-hydrogen) atoms. The standard InChI is InChI=1S/C18H18N2O4/c1-3-6-14-9-13(10-17(18(14)21)24-4-2)12-19-15-7-5-8-16(11-15)20(22)23/h3,5,7-12,21H,1,4,6H2,2H3. The second kappa shape index (κ2) is 7.92. The van der Waals surface area contributed by atoms with Crippen LogP contribution in [0.15, 0.2) is 54.0 Å². The molecule has 124 valence electrons. The molecule has 2 aromatic rings. The molecular weight excluding hydrogens is 308 g/mol. The van der Waals surface area contributed by atoms with E-state index < -0.39 is 4.92 Å². The highest BCUT2D eigenvalue weighted by atomic mass is 16.6. The number of aliphatic imine (C=N–C) groups is 1. The number of benzene rings is 2. The molecule has 0 saturated heterocycles. The number of phenolic OH excluding ortho intramolecular Hbond substituents is 1. The summed E-state index contributed by atoms with van der Waals surface area (Å²) in [6, 6.07) is 9.51. The second-order valence-corrected chi connectivity index (χ2v) is 4.99. The van der Waals surface area contributed by atoms with Crippen molar-refractivity contribution in [1.29, 1.82) is 0 Å². The Labute approximate surface area is 139 Å². The number of allylic oxidation sites excluding steroid dienone is 1. The smallest absolute Gasteiger partial charge is 0.271 e. The van der Waals surface area contributed by atoms with Crippen LogP contribution >= 0.6 is 0 Å². The lowest BCUT2D eigenvalue weighted by Crippen LogP contribution is -1.96. The van der Waals surface area contributed by atoms with E-state index in [1.165, 1.54) is 12.1 Å². The van der Waals surface area contributed by atoms with Gasteiger partial charge in [-0.3, -0.25) is 15.1 Å². The number of nitrogens with zero attached hydrogens (tertiary/aromatic N) is 2. The van der Waals surface area contributed by atoms with Crippen LogP contribution in [0.25, 0.3) is 0 Å². The monoisotopic (exact) mass is 326 g/mol. The number of nitro groups is 1. The minimum atomic E-state index is -0.463. The molecule has 0 atom stereocenters. The zero-order valence-electron chi connectivity index (χ0n) is 13.3. The van der Waals surface area contributed by atoms with E-state index in [2.05, 4.69) is 11.6 Å². The summed E-state index contributed by atoms with van der Waals surface area (Å²) >= 11 is 0. The van der Waals surface area contributed by atoms with Gasteiger partial charge in [-0.25, -0.2) is 0 Å². The highest BCUT2D eigenvalue weighted by Gasteiger charge is 2.10. The fourth-order valence-corrected chi connectivity index (χ4v) is 2.18. The minimum Gasteiger partial charge on any atom is -0.504 e. The topological polar surface area (TPSA) is 85.0 Å². The summed E-state index contributed by atoms with van der Waals surface area (Å²) in [4.78, 5) is 14.6. The van der Waals surface area contributed by atoms with E-state index in [4.69, 9.17) is 4.74 Å². The molecule has 0 radical (unpaired) electrons. The van der Waals surface area contributed by atoms with E-state index in [0.717, 1.165) is 5.56 Å². The van der Waals surface area contributed by atoms with E-state index in [-0.39, 0.29) is 11.4 Å². The molecule has 2 aromatic carbocycles. The third-order valence-corrected chi connectivity index (χ3v) is 3.24. The highest BCUT2D eigenvalue weighted by molar-refractivity contribution is 5.84. The highest BCUT2D eigenvalue weighted by Crippen LogP contribution is 2.32. The number of rotatable bonds is 7. The van der Waals surface area contributed by atoms with Crippen molar-refractivity contribution in [2.75, 3.05) is 6.61 Å². The summed E-state index contributed by atoms with van der Waals surface area (Å²) in [5.41, 5.74) is 1.86. The van der Waals surface area contributed by atoms with Crippen molar-refractivity contribution in [3.8, 4) is 11.5 Å². The van der Waals surface area contributed by atoms with Crippen LogP contribution in [0.2, 0.25) is 0 Å². The molecule has 2 rings (SSSR count). The van der Waals surface area contributed by atoms with E-state index >= 15 is 0 Å². The van der Waals surface area contributed by atoms with Crippen molar-refractivity contribution < 1.29 is 14.8 Å². The molecule has 0 bridgehead atoms. The maximum absolute atomic E-state index is 10.8. The van der Waals surface area contributed by atoms with Gasteiger partial charge in [0.25, 0.3) is 5.69 Å². The van der Waals surface area contributed by atoms with Crippen molar-refractivity contribution in [2.24, 2.45) is 4.99 Å². The van der Waals surface area contributed by atoms with Crippen LogP contribution in [0.1, 0.15) is 18.1 Å². The molecule has 0 fully saturated rings. The lowest BCUT2D eigenvalue weighted by Gasteiger charge is -2.10. The average molecular weight is 326 g/mol. The summed E-state index contributed by atoms with van der Waals surface area (Å²) in [6.07, 6.45) is 3.75. The van der Waals surface area contributed by atoms with Gasteiger partial charge in [-0.05, 0) is 37.1 Å². The molecule has 0 saturated carbocycles. The Hall–Kier alpha value is -3.15. The Bertz CT molecular complexity index is 785. The SMILES string of the molecule is C=CCc1cc(C=Nc2cccc([N+](=O)[O-])c2)cc(OCC)c1O. The number of non-ortho nitro benzene ring substituents is 1. The fraction of sp³-hybridized carbons (Fsp3) is 0.167. The van der Waals surface area contributed by atoms with E-state index in [1.807, 2.05) is 6.92 Å². The predicted octanol–water partition coefficient (Wildman–Crippen LogP) is 4.18. The Kier molecular flexibility index (Phi) is 5.68. The maximum atomic E-state index is 10.8. The zero-order valence-corrected chi connectivity index (χ0v) is 13.3. The first-order valence-electron chi connectivity index (χ1n) is 7.43. The molecule has 0 heterocycles. The summed E-state index contributed by atoms with van der Waals surface area (Å²) in [7, 11) is 0. The van der Waals surface area contributed by atoms with Crippen molar-refractivity contribution in [3.63, 3.8) is 0 Å². The number of hydrogen-bond donors (Lipinski definition) is 1. The van der Waals surface area contributed by atoms with E-state index in [0.29, 0.717) is 30.0 Å². The quantitative estimate of drug-likeness (QED) is 0.358. The van der Waals surface area contributed by atoms with Gasteiger partial charge >= 0.3 is 0 Å². The molecule has 0 aromatic heterocycles. The first kappa shape index (κ1) is 17.2. The van der Waals surface area contributed by atoms with Gasteiger partial charge in [0, 0.05) is 23.9 Å². The van der Waals surface area contributed by atoms with Crippen molar-refractivity contribution in [1.82, 2.24) is 0 Å². The Morgan fingerprint density at radius 3 is 2.83 bits per heavy atom. The first-order chi connectivity index (χ1) is 11.5. The Morgan fingerprint density at radius 2 is 2.17 bits per heavy atom. The molecule has 6 heteroatoms. The van der Waals surface area contributed by atoms with Crippen LogP contribution in [-0.4, -0.2) is 22.9 Å². The van der Waals surface area contributed by atoms with Crippen LogP contribution in [0.5, 0.6) is 11.5 Å². The third-order valence-electron chi connectivity index (χ3n) is 3.24. The fourth-order valence-electron chi connectivity index (χ4n) is 2.18. The molecule has 0 spiro atoms. The molecular formula is C18H18N2O4. The largest absolute Gasteiger partial charge is 0.504 e. The summed E-state index contributed by atoms with van der Waals surface area (Å²) < 4.78 is 5.43. The lowest BCUT2D eigenvalue weighted by molar-refractivity contribution is -0.384. The third kappa shape index (κ3) is 4.19. The van der Waals surface area contributed by atoms with E-state index in [9.17, 15) is 15.2 Å². The van der Waals surface area contributed by atoms with Gasteiger partial charge in [0.1, 0.15) is 0 Å². The molecule has 1 N–H and O–H groups in total. The first-order valence-corrected chi connectivity index (χ1v) is 7.43. The molecule has 0 unspecified atom stereocenters. The van der Waals surface area contributed by atoms with Crippen molar-refractivity contribution in [3.05, 3.63) is 70.3 Å². The van der Waals surface area contributed by atoms with Crippen molar-refractivity contribution in [2.45, 2.75) is 13.3 Å². The summed E-state index contributed by atoms with van der Waals surface area (Å²) in [5, 5.41) is 21.0. The molecule has 6 nitrogen and oxygen atoms in total. The Morgan fingerprint density at radius 1 is 1.38 bits per heavy atom.